The number of rotatable bonds is 8. The zero-order chi connectivity index (χ0) is 28.3. The van der Waals surface area contributed by atoms with E-state index in [2.05, 4.69) is 5.10 Å². The van der Waals surface area contributed by atoms with Crippen LogP contribution in [-0.4, -0.2) is 53.7 Å². The van der Waals surface area contributed by atoms with E-state index >= 15 is 0 Å². The predicted octanol–water partition coefficient (Wildman–Crippen LogP) is 4.02. The van der Waals surface area contributed by atoms with Crippen LogP contribution < -0.4 is 5.84 Å². The lowest BCUT2D eigenvalue weighted by Crippen LogP contribution is -2.21. The fourth-order valence-electron chi connectivity index (χ4n) is 3.35. The summed E-state index contributed by atoms with van der Waals surface area (Å²) in [5, 5.41) is 10.7. The number of hydrogen-bond acceptors (Lipinski definition) is 7. The molecule has 0 amide bonds. The average Bonchev–Trinajstić information content (AvgIpc) is 3.26. The van der Waals surface area contributed by atoms with Gasteiger partial charge in [0.2, 0.25) is 0 Å². The Hall–Kier alpha value is -4.61. The van der Waals surface area contributed by atoms with Crippen molar-refractivity contribution in [1.82, 2.24) is 4.57 Å². The standard InChI is InChI=1S/C24H25N3O4.C2HF3O2/c1-3-31-24(29)22-16-27(14-19-6-4-5-18(11-19)13-26-25)15-21(22)12-17-7-9-20(10-8-17)23(28)30-2;3-2(4,5)1(6)7/h4-11,13,15-16H,3,12,14,25H2,1-2H3;(H,6,7). The topological polar surface area (TPSA) is 133 Å². The zero-order valence-electron chi connectivity index (χ0n) is 20.6. The van der Waals surface area contributed by atoms with Gasteiger partial charge in [-0.05, 0) is 53.8 Å². The van der Waals surface area contributed by atoms with E-state index in [1.807, 2.05) is 47.2 Å². The minimum absolute atomic E-state index is 0.303. The van der Waals surface area contributed by atoms with Crippen molar-refractivity contribution in [3.05, 3.63) is 94.3 Å². The molecular weight excluding hydrogens is 507 g/mol. The Morgan fingerprint density at radius 2 is 1.71 bits per heavy atom. The minimum Gasteiger partial charge on any atom is -0.475 e. The molecule has 0 bridgehead atoms. The summed E-state index contributed by atoms with van der Waals surface area (Å²) in [4.78, 5) is 33.0. The summed E-state index contributed by atoms with van der Waals surface area (Å²) in [5.74, 6) is 1.75. The van der Waals surface area contributed by atoms with Gasteiger partial charge in [0.25, 0.3) is 0 Å². The van der Waals surface area contributed by atoms with Crippen LogP contribution in [0.1, 0.15) is 49.9 Å². The highest BCUT2D eigenvalue weighted by Crippen LogP contribution is 2.19. The van der Waals surface area contributed by atoms with Gasteiger partial charge < -0.3 is 25.0 Å². The van der Waals surface area contributed by atoms with Gasteiger partial charge in [-0.3, -0.25) is 0 Å². The Kier molecular flexibility index (Phi) is 10.6. The monoisotopic (exact) mass is 533 g/mol. The van der Waals surface area contributed by atoms with Crippen LogP contribution >= 0.6 is 0 Å². The fraction of sp³-hybridized carbons (Fsp3) is 0.231. The number of carbonyl (C=O) groups excluding carboxylic acids is 2. The van der Waals surface area contributed by atoms with E-state index in [0.29, 0.717) is 30.7 Å². The second-order valence-electron chi connectivity index (χ2n) is 7.78. The Labute approximate surface area is 216 Å². The van der Waals surface area contributed by atoms with Crippen LogP contribution in [0.2, 0.25) is 0 Å². The summed E-state index contributed by atoms with van der Waals surface area (Å²) in [7, 11) is 1.35. The molecule has 38 heavy (non-hydrogen) atoms. The second kappa shape index (κ2) is 13.6. The van der Waals surface area contributed by atoms with E-state index in [-0.39, 0.29) is 11.9 Å². The number of carbonyl (C=O) groups is 3. The average molecular weight is 534 g/mol. The first-order valence-electron chi connectivity index (χ1n) is 11.1. The van der Waals surface area contributed by atoms with Gasteiger partial charge >= 0.3 is 24.1 Å². The van der Waals surface area contributed by atoms with E-state index in [9.17, 15) is 22.8 Å². The highest BCUT2D eigenvalue weighted by Gasteiger charge is 2.38. The summed E-state index contributed by atoms with van der Waals surface area (Å²) in [6, 6.07) is 15.0. The molecule has 0 saturated heterocycles. The van der Waals surface area contributed by atoms with Crippen LogP contribution in [0.25, 0.3) is 0 Å². The first-order valence-corrected chi connectivity index (χ1v) is 11.1. The van der Waals surface area contributed by atoms with E-state index in [4.69, 9.17) is 25.2 Å². The molecule has 0 atom stereocenters. The van der Waals surface area contributed by atoms with Crippen molar-refractivity contribution in [3.63, 3.8) is 0 Å². The van der Waals surface area contributed by atoms with Crippen molar-refractivity contribution in [2.45, 2.75) is 26.1 Å². The Morgan fingerprint density at radius 1 is 1.05 bits per heavy atom. The largest absolute Gasteiger partial charge is 0.490 e. The molecule has 0 aliphatic carbocycles. The zero-order valence-corrected chi connectivity index (χ0v) is 20.6. The smallest absolute Gasteiger partial charge is 0.475 e. The molecular formula is C26H26F3N3O6. The molecule has 3 aromatic rings. The van der Waals surface area contributed by atoms with Crippen molar-refractivity contribution < 1.29 is 42.1 Å². The third-order valence-corrected chi connectivity index (χ3v) is 5.01. The number of benzene rings is 2. The maximum absolute atomic E-state index is 12.5. The molecule has 0 unspecified atom stereocenters. The molecule has 0 radical (unpaired) electrons. The number of carboxylic acids is 1. The highest BCUT2D eigenvalue weighted by atomic mass is 19.4. The van der Waals surface area contributed by atoms with Crippen molar-refractivity contribution in [1.29, 1.82) is 0 Å². The van der Waals surface area contributed by atoms with Gasteiger partial charge in [0.1, 0.15) is 0 Å². The Morgan fingerprint density at radius 3 is 2.26 bits per heavy atom. The van der Waals surface area contributed by atoms with E-state index in [0.717, 1.165) is 22.3 Å². The van der Waals surface area contributed by atoms with Crippen molar-refractivity contribution in [2.75, 3.05) is 13.7 Å². The lowest BCUT2D eigenvalue weighted by Gasteiger charge is -2.05. The van der Waals surface area contributed by atoms with Gasteiger partial charge in [-0.25, -0.2) is 14.4 Å². The molecule has 202 valence electrons. The summed E-state index contributed by atoms with van der Waals surface area (Å²) in [5.41, 5.74) is 4.79. The molecule has 12 heteroatoms. The third kappa shape index (κ3) is 8.80. The fourth-order valence-corrected chi connectivity index (χ4v) is 3.35. The van der Waals surface area contributed by atoms with Gasteiger partial charge in [0.15, 0.2) is 0 Å². The number of esters is 2. The lowest BCUT2D eigenvalue weighted by molar-refractivity contribution is -0.192. The Bertz CT molecular complexity index is 1280. The number of carboxylic acid groups (broad SMARTS) is 1. The molecule has 2 aromatic carbocycles. The first-order chi connectivity index (χ1) is 18.0. The molecule has 9 nitrogen and oxygen atoms in total. The number of methoxy groups -OCH3 is 1. The van der Waals surface area contributed by atoms with E-state index in [1.165, 1.54) is 7.11 Å². The van der Waals surface area contributed by atoms with E-state index in [1.54, 1.807) is 31.5 Å². The number of aromatic nitrogens is 1. The highest BCUT2D eigenvalue weighted by molar-refractivity contribution is 5.91. The number of nitrogens with zero attached hydrogens (tertiary/aromatic N) is 2. The number of hydrazone groups is 1. The summed E-state index contributed by atoms with van der Waals surface area (Å²) < 4.78 is 43.7. The molecule has 0 fully saturated rings. The van der Waals surface area contributed by atoms with Gasteiger partial charge in [0.05, 0.1) is 31.1 Å². The van der Waals surface area contributed by atoms with Crippen molar-refractivity contribution >= 4 is 24.1 Å². The van der Waals surface area contributed by atoms with Gasteiger partial charge in [-0.15, -0.1) is 0 Å². The number of nitrogens with two attached hydrogens (primary N) is 1. The van der Waals surface area contributed by atoms with Crippen LogP contribution in [0.4, 0.5) is 13.2 Å². The van der Waals surface area contributed by atoms with Crippen molar-refractivity contribution in [3.8, 4) is 0 Å². The number of halogens is 3. The number of aliphatic carboxylic acids is 1. The van der Waals surface area contributed by atoms with Crippen molar-refractivity contribution in [2.24, 2.45) is 10.9 Å². The van der Waals surface area contributed by atoms with Crippen LogP contribution in [0.15, 0.2) is 66.0 Å². The number of ether oxygens (including phenoxy) is 2. The van der Waals surface area contributed by atoms with Crippen LogP contribution in [0.3, 0.4) is 0 Å². The molecule has 3 rings (SSSR count). The third-order valence-electron chi connectivity index (χ3n) is 5.01. The second-order valence-corrected chi connectivity index (χ2v) is 7.78. The van der Waals surface area contributed by atoms with Gasteiger partial charge in [0, 0.05) is 18.9 Å². The SMILES string of the molecule is CCOC(=O)c1cn(Cc2cccc(C=NN)c2)cc1Cc1ccc(C(=O)OC)cc1.O=C(O)C(F)(F)F. The molecule has 0 aliphatic rings. The minimum atomic E-state index is -5.08. The molecule has 1 heterocycles. The molecule has 3 N–H and O–H groups in total. The quantitative estimate of drug-likeness (QED) is 0.193. The van der Waals surface area contributed by atoms with Crippen LogP contribution in [0.5, 0.6) is 0 Å². The van der Waals surface area contributed by atoms with Crippen LogP contribution in [0, 0.1) is 0 Å². The maximum atomic E-state index is 12.5. The van der Waals surface area contributed by atoms with Gasteiger partial charge in [-0.2, -0.15) is 18.3 Å². The van der Waals surface area contributed by atoms with Crippen LogP contribution in [-0.2, 0) is 27.2 Å². The number of alkyl halides is 3. The molecule has 0 aliphatic heterocycles. The summed E-state index contributed by atoms with van der Waals surface area (Å²) >= 11 is 0. The molecule has 0 saturated carbocycles. The van der Waals surface area contributed by atoms with E-state index < -0.39 is 12.1 Å². The van der Waals surface area contributed by atoms with Gasteiger partial charge in [-0.1, -0.05) is 30.3 Å². The molecule has 0 spiro atoms. The first kappa shape index (κ1) is 29.6. The summed E-state index contributed by atoms with van der Waals surface area (Å²) in [6.07, 6.45) is 0.791. The normalized spacial score (nSPS) is 11.0. The predicted molar refractivity (Wildman–Crippen MR) is 132 cm³/mol. The lowest BCUT2D eigenvalue weighted by atomic mass is 10.0. The molecule has 1 aromatic heterocycles. The number of hydrogen-bond donors (Lipinski definition) is 2. The Balaban J connectivity index is 0.000000638. The summed E-state index contributed by atoms with van der Waals surface area (Å²) in [6.45, 7) is 2.67. The maximum Gasteiger partial charge on any atom is 0.490 e.